The van der Waals surface area contributed by atoms with Gasteiger partial charge in [0.05, 0.1) is 4.92 Å². The molecule has 0 radical (unpaired) electrons. The van der Waals surface area contributed by atoms with E-state index in [0.29, 0.717) is 12.6 Å². The van der Waals surface area contributed by atoms with E-state index < -0.39 is 10.7 Å². The number of hydrogen-bond acceptors (Lipinski definition) is 3. The van der Waals surface area contributed by atoms with Crippen molar-refractivity contribution in [1.82, 2.24) is 5.32 Å². The largest absolute Gasteiger partial charge is 0.310 e. The quantitative estimate of drug-likeness (QED) is 0.633. The molecule has 2 rings (SSSR count). The van der Waals surface area contributed by atoms with Gasteiger partial charge in [-0.15, -0.1) is 0 Å². The highest BCUT2D eigenvalue weighted by molar-refractivity contribution is 5.57. The van der Waals surface area contributed by atoms with E-state index in [1.54, 1.807) is 6.08 Å². The Bertz CT molecular complexity index is 510. The maximum Gasteiger partial charge on any atom is 0.270 e. The van der Waals surface area contributed by atoms with Gasteiger partial charge in [0.15, 0.2) is 0 Å². The molecule has 0 bridgehead atoms. The molecule has 1 aromatic rings. The fourth-order valence-electron chi connectivity index (χ4n) is 1.82. The van der Waals surface area contributed by atoms with Gasteiger partial charge in [-0.2, -0.15) is 0 Å². The van der Waals surface area contributed by atoms with Crippen LogP contribution in [-0.4, -0.2) is 17.5 Å². The molecule has 1 aliphatic carbocycles. The minimum absolute atomic E-state index is 0.0849. The van der Waals surface area contributed by atoms with Crippen molar-refractivity contribution in [3.8, 4) is 0 Å². The van der Waals surface area contributed by atoms with Crippen molar-refractivity contribution in [3.63, 3.8) is 0 Å². The summed E-state index contributed by atoms with van der Waals surface area (Å²) < 4.78 is 13.7. The van der Waals surface area contributed by atoms with Crippen molar-refractivity contribution in [1.29, 1.82) is 0 Å². The Hall–Kier alpha value is -1.75. The molecule has 1 fully saturated rings. The number of benzene rings is 1. The molecular formula is C14H17FN2O2. The maximum atomic E-state index is 13.7. The second-order valence-electron chi connectivity index (χ2n) is 4.77. The summed E-state index contributed by atoms with van der Waals surface area (Å²) in [5, 5.41) is 14.1. The Kier molecular flexibility index (Phi) is 4.27. The fourth-order valence-corrected chi connectivity index (χ4v) is 1.82. The molecule has 1 N–H and O–H groups in total. The van der Waals surface area contributed by atoms with Crippen LogP contribution < -0.4 is 5.32 Å². The first-order chi connectivity index (χ1) is 9.10. The van der Waals surface area contributed by atoms with Crippen molar-refractivity contribution in [3.05, 3.63) is 45.3 Å². The summed E-state index contributed by atoms with van der Waals surface area (Å²) in [6, 6.07) is 4.19. The first kappa shape index (κ1) is 13.7. The molecule has 5 heteroatoms. The molecule has 0 saturated heterocycles. The highest BCUT2D eigenvalue weighted by Gasteiger charge is 2.20. The zero-order valence-electron chi connectivity index (χ0n) is 10.9. The number of nitrogens with one attached hydrogen (secondary N) is 1. The third kappa shape index (κ3) is 3.86. The fraction of sp³-hybridized carbons (Fsp3) is 0.429. The lowest BCUT2D eigenvalue weighted by Gasteiger charge is -2.07. The second kappa shape index (κ2) is 5.93. The molecule has 1 aromatic carbocycles. The van der Waals surface area contributed by atoms with Crippen molar-refractivity contribution in [2.24, 2.45) is 0 Å². The lowest BCUT2D eigenvalue weighted by atomic mass is 10.1. The number of non-ortho nitro benzene ring substituents is 1. The Balaban J connectivity index is 2.17. The molecule has 1 saturated carbocycles. The van der Waals surface area contributed by atoms with Crippen molar-refractivity contribution >= 4 is 11.8 Å². The van der Waals surface area contributed by atoms with E-state index in [-0.39, 0.29) is 11.3 Å². The summed E-state index contributed by atoms with van der Waals surface area (Å²) in [5.74, 6) is -0.428. The van der Waals surface area contributed by atoms with Gasteiger partial charge >= 0.3 is 0 Å². The summed E-state index contributed by atoms with van der Waals surface area (Å²) in [7, 11) is 0. The minimum Gasteiger partial charge on any atom is -0.310 e. The van der Waals surface area contributed by atoms with Crippen molar-refractivity contribution in [2.75, 3.05) is 6.54 Å². The predicted octanol–water partition coefficient (Wildman–Crippen LogP) is 3.28. The Morgan fingerprint density at radius 3 is 2.89 bits per heavy atom. The predicted molar refractivity (Wildman–Crippen MR) is 72.3 cm³/mol. The number of hydrogen-bond donors (Lipinski definition) is 1. The van der Waals surface area contributed by atoms with Gasteiger partial charge in [-0.3, -0.25) is 10.1 Å². The van der Waals surface area contributed by atoms with E-state index in [4.69, 9.17) is 0 Å². The van der Waals surface area contributed by atoms with Crippen LogP contribution in [0.15, 0.2) is 23.8 Å². The zero-order valence-corrected chi connectivity index (χ0v) is 10.9. The number of nitrogens with zero attached hydrogens (tertiary/aromatic N) is 1. The van der Waals surface area contributed by atoms with Crippen molar-refractivity contribution < 1.29 is 9.31 Å². The van der Waals surface area contributed by atoms with Gasteiger partial charge in [0, 0.05) is 30.3 Å². The lowest BCUT2D eigenvalue weighted by Crippen LogP contribution is -2.18. The van der Waals surface area contributed by atoms with Gasteiger partial charge in [0.25, 0.3) is 5.69 Å². The molecule has 0 amide bonds. The van der Waals surface area contributed by atoms with E-state index in [0.717, 1.165) is 18.1 Å². The Morgan fingerprint density at radius 2 is 2.32 bits per heavy atom. The van der Waals surface area contributed by atoms with Gasteiger partial charge in [-0.25, -0.2) is 4.39 Å². The molecule has 0 atom stereocenters. The van der Waals surface area contributed by atoms with E-state index >= 15 is 0 Å². The van der Waals surface area contributed by atoms with Crippen LogP contribution in [0.25, 0.3) is 6.08 Å². The third-order valence-electron chi connectivity index (χ3n) is 3.20. The molecule has 19 heavy (non-hydrogen) atoms. The monoisotopic (exact) mass is 264 g/mol. The SMILES string of the molecule is CC/C(=C/c1cc([N+](=O)[O-])ccc1F)CNC1CC1. The standard InChI is InChI=1S/C14H17FN2O2/c1-2-10(9-16-12-3-4-12)7-11-8-13(17(18)19)5-6-14(11)15/h5-8,12,16H,2-4,9H2,1H3/b10-7-. The first-order valence-corrected chi connectivity index (χ1v) is 6.47. The van der Waals surface area contributed by atoms with Crippen LogP contribution in [0, 0.1) is 15.9 Å². The molecule has 0 aromatic heterocycles. The summed E-state index contributed by atoms with van der Waals surface area (Å²) in [6.07, 6.45) is 4.89. The number of nitro groups is 1. The zero-order chi connectivity index (χ0) is 13.8. The van der Waals surface area contributed by atoms with Gasteiger partial charge in [-0.1, -0.05) is 18.6 Å². The van der Waals surface area contributed by atoms with Gasteiger partial charge in [0.1, 0.15) is 5.82 Å². The van der Waals surface area contributed by atoms with E-state index in [1.165, 1.54) is 25.0 Å². The molecule has 1 aliphatic rings. The number of halogens is 1. The average molecular weight is 264 g/mol. The van der Waals surface area contributed by atoms with Crippen LogP contribution in [0.3, 0.4) is 0 Å². The minimum atomic E-state index is -0.509. The van der Waals surface area contributed by atoms with Crippen molar-refractivity contribution in [2.45, 2.75) is 32.2 Å². The molecule has 0 unspecified atom stereocenters. The number of nitro benzene ring substituents is 1. The topological polar surface area (TPSA) is 55.2 Å². The molecule has 4 nitrogen and oxygen atoms in total. The van der Waals surface area contributed by atoms with Crippen LogP contribution in [0.2, 0.25) is 0 Å². The van der Waals surface area contributed by atoms with Crippen LogP contribution in [0.5, 0.6) is 0 Å². The van der Waals surface area contributed by atoms with E-state index in [2.05, 4.69) is 5.32 Å². The Morgan fingerprint density at radius 1 is 1.58 bits per heavy atom. The van der Waals surface area contributed by atoms with Gasteiger partial charge in [0.2, 0.25) is 0 Å². The second-order valence-corrected chi connectivity index (χ2v) is 4.77. The van der Waals surface area contributed by atoms with Gasteiger partial charge < -0.3 is 5.32 Å². The summed E-state index contributed by atoms with van der Waals surface area (Å²) in [6.45, 7) is 2.71. The summed E-state index contributed by atoms with van der Waals surface area (Å²) >= 11 is 0. The molecule has 102 valence electrons. The van der Waals surface area contributed by atoms with E-state index in [1.807, 2.05) is 6.92 Å². The highest BCUT2D eigenvalue weighted by Crippen LogP contribution is 2.22. The summed E-state index contributed by atoms with van der Waals surface area (Å²) in [4.78, 5) is 10.2. The van der Waals surface area contributed by atoms with Crippen LogP contribution in [0.1, 0.15) is 31.7 Å². The first-order valence-electron chi connectivity index (χ1n) is 6.47. The van der Waals surface area contributed by atoms with Crippen LogP contribution >= 0.6 is 0 Å². The highest BCUT2D eigenvalue weighted by atomic mass is 19.1. The normalized spacial score (nSPS) is 15.6. The molecular weight excluding hydrogens is 247 g/mol. The van der Waals surface area contributed by atoms with Crippen LogP contribution in [0.4, 0.5) is 10.1 Å². The summed E-state index contributed by atoms with van der Waals surface area (Å²) in [5.41, 5.74) is 1.24. The smallest absolute Gasteiger partial charge is 0.270 e. The molecule has 0 spiro atoms. The number of rotatable bonds is 6. The molecule has 0 aliphatic heterocycles. The maximum absolute atomic E-state index is 13.7. The van der Waals surface area contributed by atoms with E-state index in [9.17, 15) is 14.5 Å². The Labute approximate surface area is 111 Å². The third-order valence-corrected chi connectivity index (χ3v) is 3.20. The van der Waals surface area contributed by atoms with Gasteiger partial charge in [-0.05, 0) is 25.3 Å². The average Bonchev–Trinajstić information content (AvgIpc) is 3.20. The van der Waals surface area contributed by atoms with Crippen LogP contribution in [-0.2, 0) is 0 Å². The molecule has 0 heterocycles. The lowest BCUT2D eigenvalue weighted by molar-refractivity contribution is -0.384.